The molecule has 0 atom stereocenters. The Labute approximate surface area is 152 Å². The molecule has 0 aromatic heterocycles. The number of fused-ring (bicyclic) bond motifs is 1. The highest BCUT2D eigenvalue weighted by Crippen LogP contribution is 2.32. The number of carbonyl (C=O) groups is 1. The molecule has 7 heteroatoms. The number of halogens is 1. The minimum absolute atomic E-state index is 0.0380. The summed E-state index contributed by atoms with van der Waals surface area (Å²) in [5, 5.41) is 0. The highest BCUT2D eigenvalue weighted by molar-refractivity contribution is 7.92. The second-order valence-corrected chi connectivity index (χ2v) is 8.40. The number of benzene rings is 2. The minimum Gasteiger partial charge on any atom is -0.312 e. The van der Waals surface area contributed by atoms with Crippen molar-refractivity contribution in [2.24, 2.45) is 5.92 Å². The van der Waals surface area contributed by atoms with Gasteiger partial charge < -0.3 is 4.90 Å². The van der Waals surface area contributed by atoms with Crippen LogP contribution in [0.4, 0.5) is 15.8 Å². The van der Waals surface area contributed by atoms with E-state index in [-0.39, 0.29) is 16.7 Å². The van der Waals surface area contributed by atoms with Crippen LogP contribution in [0.3, 0.4) is 0 Å². The first-order valence-corrected chi connectivity index (χ1v) is 9.90. The fourth-order valence-electron chi connectivity index (χ4n) is 3.13. The highest BCUT2D eigenvalue weighted by Gasteiger charge is 2.27. The van der Waals surface area contributed by atoms with Crippen LogP contribution in [0.2, 0.25) is 0 Å². The first-order valence-electron chi connectivity index (χ1n) is 8.42. The second-order valence-electron chi connectivity index (χ2n) is 6.75. The molecule has 0 fully saturated rings. The molecule has 1 amide bonds. The van der Waals surface area contributed by atoms with Crippen molar-refractivity contribution in [1.82, 2.24) is 0 Å². The van der Waals surface area contributed by atoms with E-state index < -0.39 is 15.8 Å². The average molecular weight is 376 g/mol. The van der Waals surface area contributed by atoms with Gasteiger partial charge in [-0.25, -0.2) is 12.8 Å². The fourth-order valence-corrected chi connectivity index (χ4v) is 4.41. The zero-order valence-corrected chi connectivity index (χ0v) is 15.7. The number of carbonyl (C=O) groups excluding carboxylic acids is 1. The molecule has 0 spiro atoms. The number of sulfonamides is 1. The van der Waals surface area contributed by atoms with E-state index in [0.717, 1.165) is 17.3 Å². The largest absolute Gasteiger partial charge is 0.312 e. The van der Waals surface area contributed by atoms with Gasteiger partial charge in [-0.3, -0.25) is 9.52 Å². The molecule has 0 saturated carbocycles. The number of amides is 1. The van der Waals surface area contributed by atoms with Crippen LogP contribution in [0.5, 0.6) is 0 Å². The lowest BCUT2D eigenvalue weighted by Crippen LogP contribution is -2.32. The Balaban J connectivity index is 1.87. The van der Waals surface area contributed by atoms with E-state index >= 15 is 0 Å². The number of aryl methyl sites for hydroxylation is 1. The molecule has 138 valence electrons. The van der Waals surface area contributed by atoms with Gasteiger partial charge in [0.1, 0.15) is 5.82 Å². The van der Waals surface area contributed by atoms with Gasteiger partial charge >= 0.3 is 0 Å². The number of hydrogen-bond acceptors (Lipinski definition) is 3. The molecule has 26 heavy (non-hydrogen) atoms. The van der Waals surface area contributed by atoms with E-state index in [2.05, 4.69) is 4.72 Å². The van der Waals surface area contributed by atoms with Crippen LogP contribution in [0.25, 0.3) is 0 Å². The summed E-state index contributed by atoms with van der Waals surface area (Å²) >= 11 is 0. The Morgan fingerprint density at radius 1 is 1.19 bits per heavy atom. The molecule has 1 aliphatic rings. The van der Waals surface area contributed by atoms with Crippen molar-refractivity contribution < 1.29 is 17.6 Å². The van der Waals surface area contributed by atoms with Gasteiger partial charge in [0.05, 0.1) is 4.90 Å². The smallest absolute Gasteiger partial charge is 0.262 e. The third kappa shape index (κ3) is 3.44. The Hall–Kier alpha value is -2.41. The molecule has 2 aromatic rings. The molecule has 2 aromatic carbocycles. The summed E-state index contributed by atoms with van der Waals surface area (Å²) in [5.74, 6) is -0.520. The maximum absolute atomic E-state index is 13.2. The van der Waals surface area contributed by atoms with Crippen molar-refractivity contribution in [2.75, 3.05) is 16.2 Å². The van der Waals surface area contributed by atoms with Crippen molar-refractivity contribution in [3.05, 3.63) is 53.3 Å². The lowest BCUT2D eigenvalue weighted by atomic mass is 10.1. The summed E-state index contributed by atoms with van der Waals surface area (Å²) in [6.45, 7) is 5.86. The second kappa shape index (κ2) is 6.72. The van der Waals surface area contributed by atoms with Gasteiger partial charge in [0.25, 0.3) is 10.0 Å². The molecule has 0 aliphatic carbocycles. The van der Waals surface area contributed by atoms with Crippen molar-refractivity contribution in [3.8, 4) is 0 Å². The summed E-state index contributed by atoms with van der Waals surface area (Å²) in [4.78, 5) is 14.0. The van der Waals surface area contributed by atoms with Crippen molar-refractivity contribution in [3.63, 3.8) is 0 Å². The zero-order chi connectivity index (χ0) is 19.1. The molecule has 5 nitrogen and oxygen atoms in total. The Morgan fingerprint density at radius 2 is 1.92 bits per heavy atom. The normalized spacial score (nSPS) is 13.8. The third-order valence-electron chi connectivity index (χ3n) is 4.41. The third-order valence-corrected chi connectivity index (χ3v) is 5.96. The molecule has 3 rings (SSSR count). The standard InChI is InChI=1S/C19H21FN2O3S/c1-12(2)19(23)22-9-8-14-11-16(5-6-17(14)22)21-26(24,25)18-7-4-15(20)10-13(18)3/h4-7,10-12,21H,8-9H2,1-3H3. The Kier molecular flexibility index (Phi) is 4.75. The molecular weight excluding hydrogens is 355 g/mol. The van der Waals surface area contributed by atoms with E-state index in [1.807, 2.05) is 13.8 Å². The Bertz CT molecular complexity index is 971. The number of anilines is 2. The minimum atomic E-state index is -3.82. The van der Waals surface area contributed by atoms with E-state index in [0.29, 0.717) is 24.2 Å². The first kappa shape index (κ1) is 18.4. The Morgan fingerprint density at radius 3 is 2.58 bits per heavy atom. The number of nitrogens with zero attached hydrogens (tertiary/aromatic N) is 1. The lowest BCUT2D eigenvalue weighted by molar-refractivity contribution is -0.121. The summed E-state index contributed by atoms with van der Waals surface area (Å²) in [6.07, 6.45) is 0.680. The van der Waals surface area contributed by atoms with Crippen molar-refractivity contribution in [1.29, 1.82) is 0 Å². The molecule has 1 heterocycles. The highest BCUT2D eigenvalue weighted by atomic mass is 32.2. The predicted octanol–water partition coefficient (Wildman–Crippen LogP) is 3.48. The van der Waals surface area contributed by atoms with Crippen LogP contribution >= 0.6 is 0 Å². The van der Waals surface area contributed by atoms with Gasteiger partial charge in [0, 0.05) is 23.8 Å². The summed E-state index contributed by atoms with van der Waals surface area (Å²) in [6, 6.07) is 8.72. The zero-order valence-electron chi connectivity index (χ0n) is 14.9. The van der Waals surface area contributed by atoms with E-state index in [1.54, 1.807) is 30.0 Å². The number of hydrogen-bond donors (Lipinski definition) is 1. The van der Waals surface area contributed by atoms with E-state index in [9.17, 15) is 17.6 Å². The monoisotopic (exact) mass is 376 g/mol. The van der Waals surface area contributed by atoms with Crippen LogP contribution in [-0.2, 0) is 21.2 Å². The molecule has 0 unspecified atom stereocenters. The molecule has 1 N–H and O–H groups in total. The van der Waals surface area contributed by atoms with Gasteiger partial charge in [-0.05, 0) is 60.9 Å². The quantitative estimate of drug-likeness (QED) is 0.888. The van der Waals surface area contributed by atoms with E-state index in [4.69, 9.17) is 0 Å². The summed E-state index contributed by atoms with van der Waals surface area (Å²) in [7, 11) is -3.82. The maximum atomic E-state index is 13.2. The fraction of sp³-hybridized carbons (Fsp3) is 0.316. The molecular formula is C19H21FN2O3S. The summed E-state index contributed by atoms with van der Waals surface area (Å²) < 4.78 is 41.0. The van der Waals surface area contributed by atoms with Crippen LogP contribution < -0.4 is 9.62 Å². The topological polar surface area (TPSA) is 66.5 Å². The van der Waals surface area contributed by atoms with Crippen LogP contribution in [0, 0.1) is 18.7 Å². The molecule has 0 bridgehead atoms. The SMILES string of the molecule is Cc1cc(F)ccc1S(=O)(=O)Nc1ccc2c(c1)CCN2C(=O)C(C)C. The van der Waals surface area contributed by atoms with E-state index in [1.165, 1.54) is 12.1 Å². The van der Waals surface area contributed by atoms with Gasteiger partial charge in [-0.15, -0.1) is 0 Å². The maximum Gasteiger partial charge on any atom is 0.262 e. The van der Waals surface area contributed by atoms with Gasteiger partial charge in [-0.2, -0.15) is 0 Å². The van der Waals surface area contributed by atoms with Crippen LogP contribution in [-0.4, -0.2) is 20.9 Å². The molecule has 1 aliphatic heterocycles. The van der Waals surface area contributed by atoms with Crippen molar-refractivity contribution in [2.45, 2.75) is 32.1 Å². The predicted molar refractivity (Wildman–Crippen MR) is 99.3 cm³/mol. The first-order chi connectivity index (χ1) is 12.2. The number of rotatable bonds is 4. The average Bonchev–Trinajstić information content (AvgIpc) is 2.96. The van der Waals surface area contributed by atoms with Gasteiger partial charge in [0.15, 0.2) is 0 Å². The van der Waals surface area contributed by atoms with Crippen LogP contribution in [0.1, 0.15) is 25.0 Å². The number of nitrogens with one attached hydrogen (secondary N) is 1. The lowest BCUT2D eigenvalue weighted by Gasteiger charge is -2.20. The molecule has 0 saturated heterocycles. The van der Waals surface area contributed by atoms with Gasteiger partial charge in [-0.1, -0.05) is 13.8 Å². The summed E-state index contributed by atoms with van der Waals surface area (Å²) in [5.41, 5.74) is 2.51. The molecule has 0 radical (unpaired) electrons. The van der Waals surface area contributed by atoms with Crippen molar-refractivity contribution >= 4 is 27.3 Å². The van der Waals surface area contributed by atoms with Crippen LogP contribution in [0.15, 0.2) is 41.3 Å². The van der Waals surface area contributed by atoms with Gasteiger partial charge in [0.2, 0.25) is 5.91 Å².